The molecule has 0 aromatic carbocycles. The summed E-state index contributed by atoms with van der Waals surface area (Å²) in [5, 5.41) is 0. The molecule has 0 atom stereocenters. The fourth-order valence-electron chi connectivity index (χ4n) is 1.01. The molecular formula is C8H7F3INO. The molecule has 0 spiro atoms. The van der Waals surface area contributed by atoms with Gasteiger partial charge in [-0.25, -0.2) is 0 Å². The van der Waals surface area contributed by atoms with Gasteiger partial charge in [0.1, 0.15) is 0 Å². The molecule has 14 heavy (non-hydrogen) atoms. The van der Waals surface area contributed by atoms with Gasteiger partial charge in [-0.1, -0.05) is 0 Å². The lowest BCUT2D eigenvalue weighted by Gasteiger charge is -2.12. The van der Waals surface area contributed by atoms with E-state index in [2.05, 4.69) is 9.72 Å². The first-order valence-electron chi connectivity index (χ1n) is 3.69. The molecule has 0 unspecified atom stereocenters. The van der Waals surface area contributed by atoms with Crippen LogP contribution in [0.5, 0.6) is 5.75 Å². The minimum Gasteiger partial charge on any atom is -0.403 e. The third kappa shape index (κ3) is 3.00. The number of aryl methyl sites for hydroxylation is 2. The first-order valence-corrected chi connectivity index (χ1v) is 4.77. The van der Waals surface area contributed by atoms with Gasteiger partial charge in [-0.2, -0.15) is 0 Å². The van der Waals surface area contributed by atoms with E-state index >= 15 is 0 Å². The molecule has 0 aliphatic rings. The van der Waals surface area contributed by atoms with Crippen LogP contribution < -0.4 is 4.74 Å². The molecule has 0 aliphatic carbocycles. The van der Waals surface area contributed by atoms with Crippen LogP contribution in [0.1, 0.15) is 11.4 Å². The minimum atomic E-state index is -4.67. The monoisotopic (exact) mass is 317 g/mol. The van der Waals surface area contributed by atoms with E-state index in [0.29, 0.717) is 9.26 Å². The normalized spacial score (nSPS) is 11.6. The zero-order valence-corrected chi connectivity index (χ0v) is 9.60. The zero-order valence-electron chi connectivity index (χ0n) is 7.44. The molecule has 1 heterocycles. The van der Waals surface area contributed by atoms with Gasteiger partial charge in [0.2, 0.25) is 0 Å². The number of alkyl halides is 3. The van der Waals surface area contributed by atoms with Crippen LogP contribution in [-0.2, 0) is 0 Å². The second-order valence-electron chi connectivity index (χ2n) is 2.71. The molecule has 0 radical (unpaired) electrons. The Balaban J connectivity index is 3.09. The Labute approximate surface area is 92.6 Å². The SMILES string of the molecule is Cc1cc(I)c(OC(F)(F)F)c(C)n1. The standard InChI is InChI=1S/C8H7F3INO/c1-4-3-6(12)7(5(2)13-4)14-8(9,10)11/h3H,1-2H3. The Hall–Kier alpha value is -0.530. The van der Waals surface area contributed by atoms with E-state index in [1.54, 1.807) is 29.5 Å². The van der Waals surface area contributed by atoms with E-state index in [-0.39, 0.29) is 11.4 Å². The van der Waals surface area contributed by atoms with Gasteiger partial charge in [0, 0.05) is 5.69 Å². The molecule has 0 N–H and O–H groups in total. The number of pyridine rings is 1. The van der Waals surface area contributed by atoms with E-state index in [0.717, 1.165) is 0 Å². The van der Waals surface area contributed by atoms with Crippen LogP contribution in [0.2, 0.25) is 0 Å². The molecule has 0 fully saturated rings. The smallest absolute Gasteiger partial charge is 0.403 e. The highest BCUT2D eigenvalue weighted by molar-refractivity contribution is 14.1. The summed E-state index contributed by atoms with van der Waals surface area (Å²) in [7, 11) is 0. The maximum Gasteiger partial charge on any atom is 0.573 e. The quantitative estimate of drug-likeness (QED) is 0.742. The van der Waals surface area contributed by atoms with Gasteiger partial charge in [0.15, 0.2) is 5.75 Å². The Morgan fingerprint density at radius 2 is 1.93 bits per heavy atom. The molecule has 1 rings (SSSR count). The van der Waals surface area contributed by atoms with Gasteiger partial charge in [0.05, 0.1) is 9.26 Å². The summed E-state index contributed by atoms with van der Waals surface area (Å²) in [6.45, 7) is 3.20. The average Bonchev–Trinajstić information content (AvgIpc) is 1.95. The van der Waals surface area contributed by atoms with E-state index < -0.39 is 6.36 Å². The minimum absolute atomic E-state index is 0.219. The largest absolute Gasteiger partial charge is 0.573 e. The van der Waals surface area contributed by atoms with Crippen LogP contribution in [0, 0.1) is 17.4 Å². The van der Waals surface area contributed by atoms with Crippen molar-refractivity contribution >= 4 is 22.6 Å². The Morgan fingerprint density at radius 1 is 1.36 bits per heavy atom. The number of nitrogens with zero attached hydrogens (tertiary/aromatic N) is 1. The van der Waals surface area contributed by atoms with Crippen LogP contribution in [0.3, 0.4) is 0 Å². The van der Waals surface area contributed by atoms with Crippen molar-refractivity contribution < 1.29 is 17.9 Å². The van der Waals surface area contributed by atoms with Crippen molar-refractivity contribution in [1.82, 2.24) is 4.98 Å². The maximum atomic E-state index is 11.9. The first kappa shape index (κ1) is 11.5. The molecule has 0 aliphatic heterocycles. The third-order valence-corrected chi connectivity index (χ3v) is 2.24. The van der Waals surface area contributed by atoms with Crippen molar-refractivity contribution in [2.45, 2.75) is 20.2 Å². The number of ether oxygens (including phenoxy) is 1. The van der Waals surface area contributed by atoms with Gasteiger partial charge < -0.3 is 4.74 Å². The maximum absolute atomic E-state index is 11.9. The highest BCUT2D eigenvalue weighted by Crippen LogP contribution is 2.30. The summed E-state index contributed by atoms with van der Waals surface area (Å²) in [5.74, 6) is -0.219. The Kier molecular flexibility index (Phi) is 3.23. The van der Waals surface area contributed by atoms with Crippen LogP contribution in [0.15, 0.2) is 6.07 Å². The first-order chi connectivity index (χ1) is 6.29. The van der Waals surface area contributed by atoms with Crippen LogP contribution in [0.25, 0.3) is 0 Å². The molecule has 2 nitrogen and oxygen atoms in total. The Bertz CT molecular complexity index is 328. The predicted molar refractivity (Wildman–Crippen MR) is 53.1 cm³/mol. The molecule has 0 saturated carbocycles. The fraction of sp³-hybridized carbons (Fsp3) is 0.375. The molecule has 6 heteroatoms. The molecule has 0 saturated heterocycles. The van der Waals surface area contributed by atoms with E-state index in [9.17, 15) is 13.2 Å². The summed E-state index contributed by atoms with van der Waals surface area (Å²) in [6.07, 6.45) is -4.67. The van der Waals surface area contributed by atoms with Crippen molar-refractivity contribution in [3.05, 3.63) is 21.0 Å². The summed E-state index contributed by atoms with van der Waals surface area (Å²) < 4.78 is 40.1. The van der Waals surface area contributed by atoms with E-state index in [1.165, 1.54) is 13.0 Å². The highest BCUT2D eigenvalue weighted by atomic mass is 127. The summed E-state index contributed by atoms with van der Waals surface area (Å²) in [6, 6.07) is 1.54. The molecular weight excluding hydrogens is 310 g/mol. The topological polar surface area (TPSA) is 22.1 Å². The summed E-state index contributed by atoms with van der Waals surface area (Å²) >= 11 is 1.79. The van der Waals surface area contributed by atoms with Gasteiger partial charge >= 0.3 is 6.36 Å². The molecule has 0 amide bonds. The molecule has 78 valence electrons. The van der Waals surface area contributed by atoms with Crippen LogP contribution in [0.4, 0.5) is 13.2 Å². The van der Waals surface area contributed by atoms with Crippen molar-refractivity contribution in [2.75, 3.05) is 0 Å². The molecule has 1 aromatic heterocycles. The van der Waals surface area contributed by atoms with Crippen molar-refractivity contribution in [2.24, 2.45) is 0 Å². The van der Waals surface area contributed by atoms with Gasteiger partial charge in [-0.15, -0.1) is 13.2 Å². The fourth-order valence-corrected chi connectivity index (χ4v) is 1.96. The van der Waals surface area contributed by atoms with Crippen molar-refractivity contribution in [3.63, 3.8) is 0 Å². The van der Waals surface area contributed by atoms with E-state index in [4.69, 9.17) is 0 Å². The van der Waals surface area contributed by atoms with Crippen molar-refractivity contribution in [1.29, 1.82) is 0 Å². The van der Waals surface area contributed by atoms with Crippen LogP contribution >= 0.6 is 22.6 Å². The van der Waals surface area contributed by atoms with Gasteiger partial charge in [0.25, 0.3) is 0 Å². The number of hydrogen-bond acceptors (Lipinski definition) is 2. The second-order valence-corrected chi connectivity index (χ2v) is 3.87. The summed E-state index contributed by atoms with van der Waals surface area (Å²) in [5.41, 5.74) is 0.910. The second kappa shape index (κ2) is 3.92. The van der Waals surface area contributed by atoms with E-state index in [1.807, 2.05) is 0 Å². The molecule has 0 bridgehead atoms. The predicted octanol–water partition coefficient (Wildman–Crippen LogP) is 3.20. The highest BCUT2D eigenvalue weighted by Gasteiger charge is 2.33. The number of halogens is 4. The molecule has 1 aromatic rings. The number of hydrogen-bond donors (Lipinski definition) is 0. The Morgan fingerprint density at radius 3 is 2.36 bits per heavy atom. The zero-order chi connectivity index (χ0) is 10.9. The van der Waals surface area contributed by atoms with Gasteiger partial charge in [-0.05, 0) is 42.5 Å². The van der Waals surface area contributed by atoms with Crippen LogP contribution in [-0.4, -0.2) is 11.3 Å². The lowest BCUT2D eigenvalue weighted by Crippen LogP contribution is -2.19. The number of aromatic nitrogens is 1. The van der Waals surface area contributed by atoms with Gasteiger partial charge in [-0.3, -0.25) is 4.98 Å². The van der Waals surface area contributed by atoms with Crippen molar-refractivity contribution in [3.8, 4) is 5.75 Å². The lowest BCUT2D eigenvalue weighted by molar-refractivity contribution is -0.275. The number of rotatable bonds is 1. The average molecular weight is 317 g/mol. The third-order valence-electron chi connectivity index (χ3n) is 1.44. The lowest BCUT2D eigenvalue weighted by atomic mass is 10.3. The summed E-state index contributed by atoms with van der Waals surface area (Å²) in [4.78, 5) is 3.89.